The lowest BCUT2D eigenvalue weighted by Crippen LogP contribution is -2.33. The van der Waals surface area contributed by atoms with Crippen LogP contribution in [0.25, 0.3) is 0 Å². The van der Waals surface area contributed by atoms with Gasteiger partial charge in [-0.3, -0.25) is 0 Å². The summed E-state index contributed by atoms with van der Waals surface area (Å²) in [5, 5.41) is 3.43. The highest BCUT2D eigenvalue weighted by Crippen LogP contribution is 2.33. The second kappa shape index (κ2) is 8.74. The summed E-state index contributed by atoms with van der Waals surface area (Å²) in [7, 11) is 7.07. The molecule has 0 spiro atoms. The molecule has 0 atom stereocenters. The van der Waals surface area contributed by atoms with Gasteiger partial charge in [-0.2, -0.15) is 0 Å². The van der Waals surface area contributed by atoms with Crippen LogP contribution in [0, 0.1) is 0 Å². The lowest BCUT2D eigenvalue weighted by Gasteiger charge is -2.21. The van der Waals surface area contributed by atoms with Crippen molar-refractivity contribution >= 4 is 0 Å². The minimum atomic E-state index is 0.553. The fraction of sp³-hybridized carbons (Fsp3) is 0.625. The number of hydrogen-bond acceptors (Lipinski definition) is 5. The molecule has 0 saturated carbocycles. The molecule has 1 aromatic carbocycles. The first-order chi connectivity index (χ1) is 10.0. The maximum Gasteiger partial charge on any atom is 0.130 e. The van der Waals surface area contributed by atoms with Crippen LogP contribution in [0.3, 0.4) is 0 Å². The Morgan fingerprint density at radius 2 is 1.62 bits per heavy atom. The molecule has 1 N–H and O–H groups in total. The van der Waals surface area contributed by atoms with Crippen molar-refractivity contribution in [1.29, 1.82) is 0 Å². The normalized spacial score (nSPS) is 11.0. The third kappa shape index (κ3) is 5.10. The SMILES string of the molecule is COc1cc(OC)c(CNCCN(C)C(C)C)c(OC)c1. The van der Waals surface area contributed by atoms with E-state index in [1.807, 2.05) is 12.1 Å². The zero-order chi connectivity index (χ0) is 15.8. The van der Waals surface area contributed by atoms with E-state index in [0.717, 1.165) is 35.9 Å². The van der Waals surface area contributed by atoms with Crippen LogP contribution in [0.15, 0.2) is 12.1 Å². The van der Waals surface area contributed by atoms with Crippen LogP contribution in [-0.2, 0) is 6.54 Å². The Labute approximate surface area is 128 Å². The van der Waals surface area contributed by atoms with E-state index in [1.165, 1.54) is 0 Å². The van der Waals surface area contributed by atoms with E-state index in [1.54, 1.807) is 21.3 Å². The number of methoxy groups -OCH3 is 3. The number of nitrogens with zero attached hydrogens (tertiary/aromatic N) is 1. The zero-order valence-electron chi connectivity index (χ0n) is 14.0. The Kier molecular flexibility index (Phi) is 7.32. The lowest BCUT2D eigenvalue weighted by atomic mass is 10.1. The maximum absolute atomic E-state index is 5.44. The van der Waals surface area contributed by atoms with Crippen LogP contribution in [0.2, 0.25) is 0 Å². The van der Waals surface area contributed by atoms with Crippen LogP contribution < -0.4 is 19.5 Å². The van der Waals surface area contributed by atoms with Gasteiger partial charge in [0.25, 0.3) is 0 Å². The first-order valence-electron chi connectivity index (χ1n) is 7.23. The van der Waals surface area contributed by atoms with Crippen molar-refractivity contribution in [3.63, 3.8) is 0 Å². The van der Waals surface area contributed by atoms with Crippen molar-refractivity contribution < 1.29 is 14.2 Å². The molecule has 0 fully saturated rings. The fourth-order valence-electron chi connectivity index (χ4n) is 1.98. The quantitative estimate of drug-likeness (QED) is 0.707. The van der Waals surface area contributed by atoms with Gasteiger partial charge in [-0.05, 0) is 20.9 Å². The molecule has 5 heteroatoms. The summed E-state index contributed by atoms with van der Waals surface area (Å²) < 4.78 is 16.1. The van der Waals surface area contributed by atoms with E-state index in [4.69, 9.17) is 14.2 Å². The predicted molar refractivity (Wildman–Crippen MR) is 85.6 cm³/mol. The molecule has 1 aromatic rings. The van der Waals surface area contributed by atoms with Crippen LogP contribution in [0.5, 0.6) is 17.2 Å². The van der Waals surface area contributed by atoms with E-state index in [-0.39, 0.29) is 0 Å². The molecule has 0 radical (unpaired) electrons. The highest BCUT2D eigenvalue weighted by Gasteiger charge is 2.13. The van der Waals surface area contributed by atoms with E-state index in [0.29, 0.717) is 12.6 Å². The molecule has 21 heavy (non-hydrogen) atoms. The van der Waals surface area contributed by atoms with Crippen molar-refractivity contribution in [2.75, 3.05) is 41.5 Å². The summed E-state index contributed by atoms with van der Waals surface area (Å²) >= 11 is 0. The standard InChI is InChI=1S/C16H28N2O3/c1-12(2)18(3)8-7-17-11-14-15(20-5)9-13(19-4)10-16(14)21-6/h9-10,12,17H,7-8,11H2,1-6H3. The Balaban J connectivity index is 2.69. The highest BCUT2D eigenvalue weighted by molar-refractivity contribution is 5.50. The van der Waals surface area contributed by atoms with Crippen molar-refractivity contribution in [2.45, 2.75) is 26.4 Å². The summed E-state index contributed by atoms with van der Waals surface area (Å²) in [6, 6.07) is 4.30. The second-order valence-electron chi connectivity index (χ2n) is 5.26. The smallest absolute Gasteiger partial charge is 0.130 e. The molecule has 120 valence electrons. The minimum Gasteiger partial charge on any atom is -0.496 e. The average Bonchev–Trinajstić information content (AvgIpc) is 2.50. The third-order valence-corrected chi connectivity index (χ3v) is 3.64. The van der Waals surface area contributed by atoms with Crippen LogP contribution in [-0.4, -0.2) is 52.4 Å². The van der Waals surface area contributed by atoms with Gasteiger partial charge in [0.1, 0.15) is 17.2 Å². The number of likely N-dealkylation sites (N-methyl/N-ethyl adjacent to an activating group) is 1. The largest absolute Gasteiger partial charge is 0.496 e. The van der Waals surface area contributed by atoms with Gasteiger partial charge < -0.3 is 24.4 Å². The van der Waals surface area contributed by atoms with Gasteiger partial charge in [0.15, 0.2) is 0 Å². The Morgan fingerprint density at radius 1 is 1.05 bits per heavy atom. The summed E-state index contributed by atoms with van der Waals surface area (Å²) in [4.78, 5) is 2.30. The number of hydrogen-bond donors (Lipinski definition) is 1. The van der Waals surface area contributed by atoms with Crippen LogP contribution in [0.4, 0.5) is 0 Å². The molecule has 0 aliphatic heterocycles. The minimum absolute atomic E-state index is 0.553. The molecular weight excluding hydrogens is 268 g/mol. The molecule has 0 aromatic heterocycles. The molecular formula is C16H28N2O3. The molecule has 0 bridgehead atoms. The highest BCUT2D eigenvalue weighted by atomic mass is 16.5. The van der Waals surface area contributed by atoms with Gasteiger partial charge in [-0.1, -0.05) is 0 Å². The Morgan fingerprint density at radius 3 is 2.05 bits per heavy atom. The number of ether oxygens (including phenoxy) is 3. The van der Waals surface area contributed by atoms with E-state index >= 15 is 0 Å². The molecule has 0 saturated heterocycles. The number of benzene rings is 1. The summed E-state index contributed by atoms with van der Waals surface area (Å²) in [6.45, 7) is 6.98. The molecule has 0 unspecified atom stereocenters. The van der Waals surface area contributed by atoms with Gasteiger partial charge in [0.2, 0.25) is 0 Å². The zero-order valence-corrected chi connectivity index (χ0v) is 14.0. The van der Waals surface area contributed by atoms with Crippen molar-refractivity contribution in [1.82, 2.24) is 10.2 Å². The van der Waals surface area contributed by atoms with Gasteiger partial charge in [0, 0.05) is 37.8 Å². The third-order valence-electron chi connectivity index (χ3n) is 3.64. The first kappa shape index (κ1) is 17.6. The number of rotatable bonds is 9. The molecule has 5 nitrogen and oxygen atoms in total. The Hall–Kier alpha value is -1.46. The van der Waals surface area contributed by atoms with Gasteiger partial charge in [-0.15, -0.1) is 0 Å². The summed E-state index contributed by atoms with van der Waals surface area (Å²) in [6.07, 6.45) is 0. The van der Waals surface area contributed by atoms with Gasteiger partial charge >= 0.3 is 0 Å². The van der Waals surface area contributed by atoms with Crippen molar-refractivity contribution in [3.05, 3.63) is 17.7 Å². The summed E-state index contributed by atoms with van der Waals surface area (Å²) in [5.74, 6) is 2.28. The molecule has 1 rings (SSSR count). The predicted octanol–water partition coefficient (Wildman–Crippen LogP) is 2.14. The fourth-order valence-corrected chi connectivity index (χ4v) is 1.98. The Bertz CT molecular complexity index is 411. The van der Waals surface area contributed by atoms with E-state index < -0.39 is 0 Å². The van der Waals surface area contributed by atoms with Gasteiger partial charge in [-0.25, -0.2) is 0 Å². The molecule has 0 aliphatic carbocycles. The maximum atomic E-state index is 5.44. The molecule has 0 aliphatic rings. The topological polar surface area (TPSA) is 43.0 Å². The van der Waals surface area contributed by atoms with Crippen LogP contribution in [0.1, 0.15) is 19.4 Å². The van der Waals surface area contributed by atoms with Crippen LogP contribution >= 0.6 is 0 Å². The molecule has 0 amide bonds. The van der Waals surface area contributed by atoms with E-state index in [9.17, 15) is 0 Å². The lowest BCUT2D eigenvalue weighted by molar-refractivity contribution is 0.272. The average molecular weight is 296 g/mol. The first-order valence-corrected chi connectivity index (χ1v) is 7.23. The van der Waals surface area contributed by atoms with Crippen molar-refractivity contribution in [3.8, 4) is 17.2 Å². The summed E-state index contributed by atoms with van der Waals surface area (Å²) in [5.41, 5.74) is 1.01. The van der Waals surface area contributed by atoms with Gasteiger partial charge in [0.05, 0.1) is 26.9 Å². The van der Waals surface area contributed by atoms with Crippen molar-refractivity contribution in [2.24, 2.45) is 0 Å². The monoisotopic (exact) mass is 296 g/mol. The molecule has 0 heterocycles. The second-order valence-corrected chi connectivity index (χ2v) is 5.26. The number of nitrogens with one attached hydrogen (secondary N) is 1. The van der Waals surface area contributed by atoms with E-state index in [2.05, 4.69) is 31.1 Å².